The average molecular weight is 357 g/mol. The Bertz CT molecular complexity index is 543. The fourth-order valence-corrected chi connectivity index (χ4v) is 2.36. The first-order valence-corrected chi connectivity index (χ1v) is 8.22. The zero-order chi connectivity index (χ0) is 18.1. The minimum atomic E-state index is -0.951. The van der Waals surface area contributed by atoms with E-state index in [9.17, 15) is 9.18 Å². The van der Waals surface area contributed by atoms with Crippen LogP contribution in [0, 0.1) is 0 Å². The maximum Gasteiger partial charge on any atom is 0.145 e. The number of likely N-dealkylation sites (N-methyl/N-ethyl adjacent to an activating group) is 1. The topological polar surface area (TPSA) is 70.4 Å². The smallest absolute Gasteiger partial charge is 0.145 e. The summed E-state index contributed by atoms with van der Waals surface area (Å²) < 4.78 is 12.9. The molecule has 0 saturated heterocycles. The van der Waals surface area contributed by atoms with E-state index in [1.54, 1.807) is 25.4 Å². The lowest BCUT2D eigenvalue weighted by Crippen LogP contribution is -2.38. The molecule has 3 unspecified atom stereocenters. The summed E-state index contributed by atoms with van der Waals surface area (Å²) in [6.07, 6.45) is 8.76. The van der Waals surface area contributed by atoms with Crippen molar-refractivity contribution in [1.29, 1.82) is 0 Å². The Morgan fingerprint density at radius 2 is 2.25 bits per heavy atom. The van der Waals surface area contributed by atoms with Crippen molar-refractivity contribution >= 4 is 17.9 Å². The Kier molecular flexibility index (Phi) is 8.57. The Morgan fingerprint density at radius 3 is 2.88 bits per heavy atom. The Hall–Kier alpha value is -1.79. The van der Waals surface area contributed by atoms with Gasteiger partial charge in [0, 0.05) is 38.1 Å². The molecule has 4 N–H and O–H groups in total. The lowest BCUT2D eigenvalue weighted by Gasteiger charge is -2.30. The molecule has 0 aromatic carbocycles. The maximum absolute atomic E-state index is 12.9. The van der Waals surface area contributed by atoms with Crippen LogP contribution in [0.5, 0.6) is 0 Å². The van der Waals surface area contributed by atoms with Crippen LogP contribution in [0.3, 0.4) is 0 Å². The van der Waals surface area contributed by atoms with Crippen molar-refractivity contribution in [2.75, 3.05) is 20.1 Å². The molecule has 0 radical (unpaired) electrons. The molecule has 0 aromatic heterocycles. The van der Waals surface area contributed by atoms with Crippen molar-refractivity contribution in [2.24, 2.45) is 5.73 Å². The molecule has 0 saturated carbocycles. The van der Waals surface area contributed by atoms with Crippen LogP contribution in [0.15, 0.2) is 47.5 Å². The van der Waals surface area contributed by atoms with Crippen LogP contribution in [0.4, 0.5) is 4.39 Å². The average Bonchev–Trinajstić information content (AvgIpc) is 2.53. The largest absolute Gasteiger partial charge is 0.388 e. The molecule has 1 aliphatic rings. The second-order valence-corrected chi connectivity index (χ2v) is 6.22. The number of nitrogens with one attached hydrogen (secondary N) is 2. The van der Waals surface area contributed by atoms with Gasteiger partial charge in [-0.25, -0.2) is 4.39 Å². The molecule has 3 atom stereocenters. The number of aldehydes is 1. The molecule has 5 nitrogen and oxygen atoms in total. The third-order valence-electron chi connectivity index (χ3n) is 3.41. The van der Waals surface area contributed by atoms with E-state index >= 15 is 0 Å². The molecule has 1 aliphatic heterocycles. The first-order valence-electron chi connectivity index (χ1n) is 7.78. The van der Waals surface area contributed by atoms with Gasteiger partial charge in [-0.3, -0.25) is 4.79 Å². The highest BCUT2D eigenvalue weighted by Crippen LogP contribution is 2.21. The van der Waals surface area contributed by atoms with Gasteiger partial charge in [0.2, 0.25) is 0 Å². The predicted octanol–water partition coefficient (Wildman–Crippen LogP) is 1.79. The SMILES string of the molecule is CC(C=O)=CC(=CNCC(C)F)CN/C=C1\C(N)C=CN(C)C1Cl. The van der Waals surface area contributed by atoms with E-state index in [1.165, 1.54) is 6.92 Å². The molecular formula is C17H26ClFN4O. The van der Waals surface area contributed by atoms with Gasteiger partial charge in [-0.15, -0.1) is 0 Å². The molecule has 0 aromatic rings. The minimum absolute atomic E-state index is 0.211. The van der Waals surface area contributed by atoms with Crippen molar-refractivity contribution in [3.8, 4) is 0 Å². The van der Waals surface area contributed by atoms with Gasteiger partial charge in [0.25, 0.3) is 0 Å². The van der Waals surface area contributed by atoms with Crippen LogP contribution >= 0.6 is 11.6 Å². The van der Waals surface area contributed by atoms with Crippen molar-refractivity contribution in [2.45, 2.75) is 31.6 Å². The number of nitrogens with two attached hydrogens (primary N) is 1. The van der Waals surface area contributed by atoms with Gasteiger partial charge in [-0.1, -0.05) is 11.6 Å². The number of carbonyl (C=O) groups excluding carboxylic acids is 1. The fraction of sp³-hybridized carbons (Fsp3) is 0.471. The summed E-state index contributed by atoms with van der Waals surface area (Å²) in [6.45, 7) is 3.85. The number of alkyl halides is 2. The van der Waals surface area contributed by atoms with Crippen LogP contribution in [0.2, 0.25) is 0 Å². The summed E-state index contributed by atoms with van der Waals surface area (Å²) in [5.74, 6) is 0. The minimum Gasteiger partial charge on any atom is -0.388 e. The van der Waals surface area contributed by atoms with Crippen LogP contribution in [-0.2, 0) is 4.79 Å². The quantitative estimate of drug-likeness (QED) is 0.203. The number of carbonyl (C=O) groups is 1. The maximum atomic E-state index is 12.9. The van der Waals surface area contributed by atoms with E-state index in [0.29, 0.717) is 12.1 Å². The van der Waals surface area contributed by atoms with Crippen LogP contribution in [-0.4, -0.2) is 49.0 Å². The second kappa shape index (κ2) is 10.2. The molecule has 0 bridgehead atoms. The number of allylic oxidation sites excluding steroid dienone is 1. The zero-order valence-electron chi connectivity index (χ0n) is 14.3. The lowest BCUT2D eigenvalue weighted by atomic mass is 10.1. The molecule has 7 heteroatoms. The van der Waals surface area contributed by atoms with Gasteiger partial charge >= 0.3 is 0 Å². The van der Waals surface area contributed by atoms with Crippen molar-refractivity contribution < 1.29 is 9.18 Å². The predicted molar refractivity (Wildman–Crippen MR) is 97.1 cm³/mol. The van der Waals surface area contributed by atoms with E-state index in [0.717, 1.165) is 17.4 Å². The standard InChI is InChI=1S/C17H26ClFN4O/c1-12(11-24)6-14(8-21-7-13(2)19)9-22-10-15-16(20)4-5-23(3)17(15)18/h4-6,8,10-11,13,16-17,21-22H,7,9,20H2,1-3H3/b12-6?,14-8?,15-10+. The van der Waals surface area contributed by atoms with Gasteiger partial charge < -0.3 is 21.3 Å². The van der Waals surface area contributed by atoms with Gasteiger partial charge in [-0.05, 0) is 43.3 Å². The molecule has 1 heterocycles. The Balaban J connectivity index is 2.75. The highest BCUT2D eigenvalue weighted by molar-refractivity contribution is 6.22. The molecule has 0 spiro atoms. The molecule has 0 aliphatic carbocycles. The van der Waals surface area contributed by atoms with Crippen LogP contribution in [0.1, 0.15) is 13.8 Å². The third-order valence-corrected chi connectivity index (χ3v) is 3.97. The van der Waals surface area contributed by atoms with E-state index in [4.69, 9.17) is 17.3 Å². The van der Waals surface area contributed by atoms with Crippen molar-refractivity contribution in [3.63, 3.8) is 0 Å². The monoisotopic (exact) mass is 356 g/mol. The highest BCUT2D eigenvalue weighted by atomic mass is 35.5. The van der Waals surface area contributed by atoms with Gasteiger partial charge in [0.05, 0.1) is 6.04 Å². The van der Waals surface area contributed by atoms with Gasteiger partial charge in [0.1, 0.15) is 18.0 Å². The molecule has 0 fully saturated rings. The van der Waals surface area contributed by atoms with Gasteiger partial charge in [-0.2, -0.15) is 0 Å². The number of halogens is 2. The highest BCUT2D eigenvalue weighted by Gasteiger charge is 2.22. The summed E-state index contributed by atoms with van der Waals surface area (Å²) in [5.41, 5.74) is 7.96. The fourth-order valence-electron chi connectivity index (χ4n) is 2.08. The van der Waals surface area contributed by atoms with Crippen LogP contribution in [0.25, 0.3) is 0 Å². The number of hydrogen-bond donors (Lipinski definition) is 3. The normalized spacial score (nSPS) is 24.9. The third kappa shape index (κ3) is 6.76. The molecule has 134 valence electrons. The lowest BCUT2D eigenvalue weighted by molar-refractivity contribution is -0.104. The Labute approximate surface area is 148 Å². The van der Waals surface area contributed by atoms with Crippen molar-refractivity contribution in [3.05, 3.63) is 47.5 Å². The first-order chi connectivity index (χ1) is 11.3. The van der Waals surface area contributed by atoms with Crippen LogP contribution < -0.4 is 16.4 Å². The zero-order valence-corrected chi connectivity index (χ0v) is 15.1. The molecular weight excluding hydrogens is 331 g/mol. The summed E-state index contributed by atoms with van der Waals surface area (Å²) in [5, 5.41) is 6.05. The summed E-state index contributed by atoms with van der Waals surface area (Å²) in [4.78, 5) is 12.7. The van der Waals surface area contributed by atoms with E-state index in [-0.39, 0.29) is 18.1 Å². The molecule has 24 heavy (non-hydrogen) atoms. The van der Waals surface area contributed by atoms with Gasteiger partial charge in [0.15, 0.2) is 0 Å². The molecule has 1 rings (SSSR count). The van der Waals surface area contributed by atoms with E-state index in [1.807, 2.05) is 24.2 Å². The number of nitrogens with zero attached hydrogens (tertiary/aromatic N) is 1. The Morgan fingerprint density at radius 1 is 1.54 bits per heavy atom. The first kappa shape index (κ1) is 20.3. The summed E-state index contributed by atoms with van der Waals surface area (Å²) in [7, 11) is 1.87. The summed E-state index contributed by atoms with van der Waals surface area (Å²) in [6, 6.07) is -0.249. The number of hydrogen-bond acceptors (Lipinski definition) is 5. The van der Waals surface area contributed by atoms with Crippen molar-refractivity contribution in [1.82, 2.24) is 15.5 Å². The van der Waals surface area contributed by atoms with E-state index in [2.05, 4.69) is 10.6 Å². The molecule has 0 amide bonds. The second-order valence-electron chi connectivity index (χ2n) is 5.81. The van der Waals surface area contributed by atoms with E-state index < -0.39 is 6.17 Å². The summed E-state index contributed by atoms with van der Waals surface area (Å²) >= 11 is 6.33. The number of rotatable bonds is 8.